The van der Waals surface area contributed by atoms with Crippen LogP contribution in [0.2, 0.25) is 0 Å². The van der Waals surface area contributed by atoms with Gasteiger partial charge in [-0.05, 0) is 36.1 Å². The molecule has 1 rings (SSSR count). The zero-order valence-electron chi connectivity index (χ0n) is 15.0. The number of phenolic OH excluding ortho intramolecular Hbond substituents is 1. The number of hydrogen-bond donors (Lipinski definition) is 1. The van der Waals surface area contributed by atoms with E-state index in [0.29, 0.717) is 19.0 Å². The van der Waals surface area contributed by atoms with E-state index in [0.717, 1.165) is 37.2 Å². The van der Waals surface area contributed by atoms with Gasteiger partial charge in [-0.25, -0.2) is 0 Å². The molecule has 0 aliphatic heterocycles. The lowest BCUT2D eigenvalue weighted by atomic mass is 10.1. The minimum Gasteiger partial charge on any atom is -0.508 e. The van der Waals surface area contributed by atoms with Gasteiger partial charge >= 0.3 is 0 Å². The van der Waals surface area contributed by atoms with E-state index >= 15 is 0 Å². The van der Waals surface area contributed by atoms with Gasteiger partial charge in [-0.3, -0.25) is 0 Å². The molecule has 0 saturated carbocycles. The van der Waals surface area contributed by atoms with Gasteiger partial charge < -0.3 is 14.6 Å². The molecule has 0 spiro atoms. The summed E-state index contributed by atoms with van der Waals surface area (Å²) in [5.74, 6) is 0.293. The molecule has 0 aromatic heterocycles. The van der Waals surface area contributed by atoms with Gasteiger partial charge in [-0.1, -0.05) is 58.4 Å². The first-order valence-corrected chi connectivity index (χ1v) is 9.23. The second-order valence-electron chi connectivity index (χ2n) is 6.23. The van der Waals surface area contributed by atoms with Crippen molar-refractivity contribution >= 4 is 0 Å². The van der Waals surface area contributed by atoms with Crippen molar-refractivity contribution in [2.24, 2.45) is 0 Å². The molecule has 0 heterocycles. The quantitative estimate of drug-likeness (QED) is 0.454. The SMILES string of the molecule is CCCCCCOCc1cc(O)cc(COCCCCCC)c1. The highest BCUT2D eigenvalue weighted by Gasteiger charge is 2.02. The van der Waals surface area contributed by atoms with Gasteiger partial charge in [0.25, 0.3) is 0 Å². The molecule has 0 aliphatic rings. The molecule has 0 radical (unpaired) electrons. The number of rotatable bonds is 14. The van der Waals surface area contributed by atoms with Crippen molar-refractivity contribution in [1.82, 2.24) is 0 Å². The highest BCUT2D eigenvalue weighted by atomic mass is 16.5. The third kappa shape index (κ3) is 10.4. The van der Waals surface area contributed by atoms with Crippen LogP contribution in [-0.4, -0.2) is 18.3 Å². The zero-order chi connectivity index (χ0) is 16.8. The third-order valence-corrected chi connectivity index (χ3v) is 3.86. The molecule has 1 aromatic rings. The van der Waals surface area contributed by atoms with E-state index in [1.165, 1.54) is 38.5 Å². The second-order valence-corrected chi connectivity index (χ2v) is 6.23. The van der Waals surface area contributed by atoms with E-state index in [9.17, 15) is 5.11 Å². The molecule has 0 bridgehead atoms. The number of aromatic hydroxyl groups is 1. The molecule has 23 heavy (non-hydrogen) atoms. The van der Waals surface area contributed by atoms with Crippen molar-refractivity contribution < 1.29 is 14.6 Å². The fourth-order valence-electron chi connectivity index (χ4n) is 2.55. The number of ether oxygens (including phenoxy) is 2. The highest BCUT2D eigenvalue weighted by Crippen LogP contribution is 2.18. The molecule has 0 amide bonds. The van der Waals surface area contributed by atoms with Gasteiger partial charge in [0.1, 0.15) is 5.75 Å². The number of hydrogen-bond acceptors (Lipinski definition) is 3. The molecule has 0 aliphatic carbocycles. The monoisotopic (exact) mass is 322 g/mol. The van der Waals surface area contributed by atoms with E-state index in [4.69, 9.17) is 9.47 Å². The molecule has 1 aromatic carbocycles. The van der Waals surface area contributed by atoms with Crippen molar-refractivity contribution in [3.8, 4) is 5.75 Å². The minimum absolute atomic E-state index is 0.293. The Morgan fingerprint density at radius 3 is 1.61 bits per heavy atom. The molecular formula is C20H34O3. The van der Waals surface area contributed by atoms with Crippen molar-refractivity contribution in [3.05, 3.63) is 29.3 Å². The molecule has 1 N–H and O–H groups in total. The average molecular weight is 322 g/mol. The molecule has 132 valence electrons. The normalized spacial score (nSPS) is 11.0. The third-order valence-electron chi connectivity index (χ3n) is 3.86. The lowest BCUT2D eigenvalue weighted by molar-refractivity contribution is 0.112. The summed E-state index contributed by atoms with van der Waals surface area (Å²) in [5, 5.41) is 9.83. The first-order valence-electron chi connectivity index (χ1n) is 9.23. The predicted octanol–water partition coefficient (Wildman–Crippen LogP) is 5.59. The molecule has 0 saturated heterocycles. The van der Waals surface area contributed by atoms with Crippen LogP contribution in [0.1, 0.15) is 76.3 Å². The lowest BCUT2D eigenvalue weighted by Gasteiger charge is -2.09. The van der Waals surface area contributed by atoms with Crippen molar-refractivity contribution in [2.45, 2.75) is 78.4 Å². The zero-order valence-corrected chi connectivity index (χ0v) is 15.0. The number of unbranched alkanes of at least 4 members (excludes halogenated alkanes) is 6. The van der Waals surface area contributed by atoms with Crippen LogP contribution in [0.25, 0.3) is 0 Å². The summed E-state index contributed by atoms with van der Waals surface area (Å²) in [4.78, 5) is 0. The fourth-order valence-corrected chi connectivity index (χ4v) is 2.55. The average Bonchev–Trinajstić information content (AvgIpc) is 2.53. The van der Waals surface area contributed by atoms with Crippen LogP contribution in [-0.2, 0) is 22.7 Å². The molecular weight excluding hydrogens is 288 g/mol. The van der Waals surface area contributed by atoms with E-state index in [1.54, 1.807) is 12.1 Å². The first kappa shape index (κ1) is 20.0. The van der Waals surface area contributed by atoms with Gasteiger partial charge in [0.05, 0.1) is 13.2 Å². The lowest BCUT2D eigenvalue weighted by Crippen LogP contribution is -1.99. The van der Waals surface area contributed by atoms with Crippen molar-refractivity contribution in [2.75, 3.05) is 13.2 Å². The van der Waals surface area contributed by atoms with Crippen LogP contribution in [0.4, 0.5) is 0 Å². The maximum Gasteiger partial charge on any atom is 0.116 e. The second kappa shape index (κ2) is 13.4. The van der Waals surface area contributed by atoms with Crippen LogP contribution in [0.5, 0.6) is 5.75 Å². The first-order chi connectivity index (χ1) is 11.3. The summed E-state index contributed by atoms with van der Waals surface area (Å²) in [5.41, 5.74) is 2.04. The fraction of sp³-hybridized carbons (Fsp3) is 0.700. The van der Waals surface area contributed by atoms with Gasteiger partial charge in [0.2, 0.25) is 0 Å². The molecule has 0 unspecified atom stereocenters. The summed E-state index contributed by atoms with van der Waals surface area (Å²) in [6.45, 7) is 7.12. The van der Waals surface area contributed by atoms with Gasteiger partial charge in [0.15, 0.2) is 0 Å². The molecule has 3 nitrogen and oxygen atoms in total. The standard InChI is InChI=1S/C20H34O3/c1-3-5-7-9-11-22-16-18-13-19(15-20(21)14-18)17-23-12-10-8-6-4-2/h13-15,21H,3-12,16-17H2,1-2H3. The van der Waals surface area contributed by atoms with Crippen molar-refractivity contribution in [3.63, 3.8) is 0 Å². The van der Waals surface area contributed by atoms with Crippen LogP contribution in [0, 0.1) is 0 Å². The van der Waals surface area contributed by atoms with Crippen LogP contribution >= 0.6 is 0 Å². The highest BCUT2D eigenvalue weighted by molar-refractivity contribution is 5.32. The van der Waals surface area contributed by atoms with Crippen LogP contribution in [0.15, 0.2) is 18.2 Å². The Labute approximate surface area is 142 Å². The predicted molar refractivity (Wildman–Crippen MR) is 95.7 cm³/mol. The maximum atomic E-state index is 9.83. The van der Waals surface area contributed by atoms with Crippen LogP contribution < -0.4 is 0 Å². The van der Waals surface area contributed by atoms with E-state index in [1.807, 2.05) is 0 Å². The Kier molecular flexibility index (Phi) is 11.6. The summed E-state index contributed by atoms with van der Waals surface area (Å²) in [6.07, 6.45) is 9.72. The summed E-state index contributed by atoms with van der Waals surface area (Å²) < 4.78 is 11.4. The van der Waals surface area contributed by atoms with Gasteiger partial charge in [-0.2, -0.15) is 0 Å². The smallest absolute Gasteiger partial charge is 0.116 e. The molecule has 0 fully saturated rings. The molecule has 0 atom stereocenters. The largest absolute Gasteiger partial charge is 0.508 e. The molecule has 3 heteroatoms. The van der Waals surface area contributed by atoms with E-state index in [2.05, 4.69) is 19.9 Å². The Bertz CT molecular complexity index is 370. The summed E-state index contributed by atoms with van der Waals surface area (Å²) in [6, 6.07) is 5.62. The Hall–Kier alpha value is -1.06. The number of phenols is 1. The van der Waals surface area contributed by atoms with E-state index in [-0.39, 0.29) is 0 Å². The minimum atomic E-state index is 0.293. The maximum absolute atomic E-state index is 9.83. The van der Waals surface area contributed by atoms with Gasteiger partial charge in [0, 0.05) is 13.2 Å². The van der Waals surface area contributed by atoms with Crippen LogP contribution in [0.3, 0.4) is 0 Å². The number of benzene rings is 1. The van der Waals surface area contributed by atoms with Gasteiger partial charge in [-0.15, -0.1) is 0 Å². The Balaban J connectivity index is 2.25. The summed E-state index contributed by atoms with van der Waals surface area (Å²) >= 11 is 0. The van der Waals surface area contributed by atoms with Crippen molar-refractivity contribution in [1.29, 1.82) is 0 Å². The topological polar surface area (TPSA) is 38.7 Å². The summed E-state index contributed by atoms with van der Waals surface area (Å²) in [7, 11) is 0. The Morgan fingerprint density at radius 1 is 0.696 bits per heavy atom. The van der Waals surface area contributed by atoms with E-state index < -0.39 is 0 Å². The Morgan fingerprint density at radius 2 is 1.17 bits per heavy atom.